The van der Waals surface area contributed by atoms with Gasteiger partial charge in [-0.1, -0.05) is 0 Å². The molecule has 0 spiro atoms. The summed E-state index contributed by atoms with van der Waals surface area (Å²) in [5.74, 6) is 0.0202. The predicted octanol–water partition coefficient (Wildman–Crippen LogP) is 1.01. The van der Waals surface area contributed by atoms with Gasteiger partial charge in [-0.3, -0.25) is 0 Å². The number of carbonyl (C=O) groups excluding carboxylic acids is 1. The van der Waals surface area contributed by atoms with Gasteiger partial charge in [-0.15, -0.1) is 0 Å². The van der Waals surface area contributed by atoms with Crippen LogP contribution in [0.15, 0.2) is 12.3 Å². The van der Waals surface area contributed by atoms with Gasteiger partial charge < -0.3 is 19.9 Å². The average Bonchev–Trinajstić information content (AvgIpc) is 2.41. The predicted molar refractivity (Wildman–Crippen MR) is 64.5 cm³/mol. The Morgan fingerprint density at radius 2 is 2.22 bits per heavy atom. The Hall–Kier alpha value is -1.82. The maximum absolute atomic E-state index is 11.6. The first kappa shape index (κ1) is 12.6. The van der Waals surface area contributed by atoms with Gasteiger partial charge in [0.05, 0.1) is 20.3 Å². The number of nitrogens with zero attached hydrogens (tertiary/aromatic N) is 1. The Balaban J connectivity index is 2.21. The van der Waals surface area contributed by atoms with Crippen molar-refractivity contribution in [3.8, 4) is 5.75 Å². The van der Waals surface area contributed by atoms with E-state index < -0.39 is 5.97 Å². The molecule has 0 aliphatic carbocycles. The lowest BCUT2D eigenvalue weighted by Crippen LogP contribution is -2.27. The fraction of sp³-hybridized carbons (Fsp3) is 0.500. The fourth-order valence-electron chi connectivity index (χ4n) is 1.82. The van der Waals surface area contributed by atoms with Gasteiger partial charge in [0, 0.05) is 19.0 Å². The van der Waals surface area contributed by atoms with Gasteiger partial charge in [0.15, 0.2) is 11.6 Å². The number of methoxy groups -OCH3 is 1. The lowest BCUT2D eigenvalue weighted by atomic mass is 10.1. The largest absolute Gasteiger partial charge is 0.485 e. The lowest BCUT2D eigenvalue weighted by molar-refractivity contribution is 0.0248. The molecule has 0 atom stereocenters. The third kappa shape index (κ3) is 2.70. The molecule has 0 bridgehead atoms. The van der Waals surface area contributed by atoms with E-state index in [1.54, 1.807) is 0 Å². The van der Waals surface area contributed by atoms with E-state index in [1.165, 1.54) is 19.4 Å². The second kappa shape index (κ2) is 5.68. The number of aromatic nitrogens is 1. The Labute approximate surface area is 105 Å². The standard InChI is InChI=1S/C12H16N2O4/c1-16-12(15)9-2-5-14-11(13)10(9)18-8-3-6-17-7-4-8/h2,5,8H,3-4,6-7H2,1H3,(H2,13,14). The molecule has 98 valence electrons. The van der Waals surface area contributed by atoms with E-state index >= 15 is 0 Å². The molecule has 0 amide bonds. The van der Waals surface area contributed by atoms with Gasteiger partial charge in [-0.25, -0.2) is 9.78 Å². The minimum Gasteiger partial charge on any atom is -0.485 e. The number of nitrogen functional groups attached to an aromatic ring is 1. The van der Waals surface area contributed by atoms with Crippen LogP contribution in [0.3, 0.4) is 0 Å². The van der Waals surface area contributed by atoms with Gasteiger partial charge in [0.1, 0.15) is 11.7 Å². The Morgan fingerprint density at radius 3 is 2.89 bits per heavy atom. The summed E-state index contributed by atoms with van der Waals surface area (Å²) in [6.45, 7) is 1.30. The van der Waals surface area contributed by atoms with Crippen LogP contribution in [-0.2, 0) is 9.47 Å². The topological polar surface area (TPSA) is 83.7 Å². The van der Waals surface area contributed by atoms with Crippen molar-refractivity contribution in [2.45, 2.75) is 18.9 Å². The van der Waals surface area contributed by atoms with Crippen LogP contribution >= 0.6 is 0 Å². The summed E-state index contributed by atoms with van der Waals surface area (Å²) in [4.78, 5) is 15.6. The van der Waals surface area contributed by atoms with Crippen LogP contribution in [0.4, 0.5) is 5.82 Å². The molecule has 0 aromatic carbocycles. The molecule has 1 aromatic heterocycles. The van der Waals surface area contributed by atoms with Crippen LogP contribution in [0.1, 0.15) is 23.2 Å². The third-order valence-corrected chi connectivity index (χ3v) is 2.79. The van der Waals surface area contributed by atoms with E-state index in [-0.39, 0.29) is 11.9 Å². The number of ether oxygens (including phenoxy) is 3. The van der Waals surface area contributed by atoms with Gasteiger partial charge in [0.25, 0.3) is 0 Å². The molecule has 0 radical (unpaired) electrons. The SMILES string of the molecule is COC(=O)c1ccnc(N)c1OC1CCOCC1. The number of hydrogen-bond donors (Lipinski definition) is 1. The number of carbonyl (C=O) groups is 1. The van der Waals surface area contributed by atoms with Crippen LogP contribution in [0.2, 0.25) is 0 Å². The molecule has 0 unspecified atom stereocenters. The lowest BCUT2D eigenvalue weighted by Gasteiger charge is -2.24. The average molecular weight is 252 g/mol. The van der Waals surface area contributed by atoms with Crippen molar-refractivity contribution in [3.05, 3.63) is 17.8 Å². The molecule has 1 fully saturated rings. The Kier molecular flexibility index (Phi) is 3.99. The summed E-state index contributed by atoms with van der Waals surface area (Å²) in [6.07, 6.45) is 3.00. The van der Waals surface area contributed by atoms with Crippen LogP contribution in [0.25, 0.3) is 0 Å². The molecule has 1 saturated heterocycles. The summed E-state index contributed by atoms with van der Waals surface area (Å²) in [7, 11) is 1.32. The number of esters is 1. The van der Waals surface area contributed by atoms with E-state index in [0.29, 0.717) is 24.5 Å². The van der Waals surface area contributed by atoms with Crippen LogP contribution in [0.5, 0.6) is 5.75 Å². The molecule has 6 heteroatoms. The van der Waals surface area contributed by atoms with Crippen molar-refractivity contribution < 1.29 is 19.0 Å². The number of nitrogens with two attached hydrogens (primary N) is 1. The molecule has 1 aliphatic rings. The molecule has 18 heavy (non-hydrogen) atoms. The summed E-state index contributed by atoms with van der Waals surface area (Å²) in [5, 5.41) is 0. The summed E-state index contributed by atoms with van der Waals surface area (Å²) < 4.78 is 15.7. The van der Waals surface area contributed by atoms with E-state index in [1.807, 2.05) is 0 Å². The molecule has 6 nitrogen and oxygen atoms in total. The summed E-state index contributed by atoms with van der Waals surface area (Å²) in [5.41, 5.74) is 6.06. The van der Waals surface area contributed by atoms with Gasteiger partial charge in [-0.2, -0.15) is 0 Å². The Bertz CT molecular complexity index is 430. The second-order valence-corrected chi connectivity index (χ2v) is 3.99. The molecule has 0 saturated carbocycles. The fourth-order valence-corrected chi connectivity index (χ4v) is 1.82. The van der Waals surface area contributed by atoms with Gasteiger partial charge in [-0.05, 0) is 6.07 Å². The van der Waals surface area contributed by atoms with Crippen molar-refractivity contribution in [1.82, 2.24) is 4.98 Å². The Morgan fingerprint density at radius 1 is 1.50 bits per heavy atom. The third-order valence-electron chi connectivity index (χ3n) is 2.79. The quantitative estimate of drug-likeness (QED) is 0.808. The minimum atomic E-state index is -0.480. The highest BCUT2D eigenvalue weighted by atomic mass is 16.5. The van der Waals surface area contributed by atoms with Gasteiger partial charge in [0.2, 0.25) is 0 Å². The van der Waals surface area contributed by atoms with E-state index in [0.717, 1.165) is 12.8 Å². The van der Waals surface area contributed by atoms with E-state index in [4.69, 9.17) is 19.9 Å². The minimum absolute atomic E-state index is 0.00587. The molecular weight excluding hydrogens is 236 g/mol. The molecule has 2 N–H and O–H groups in total. The molecular formula is C12H16N2O4. The molecule has 1 aromatic rings. The first-order chi connectivity index (χ1) is 8.72. The van der Waals surface area contributed by atoms with Crippen molar-refractivity contribution in [2.24, 2.45) is 0 Å². The first-order valence-corrected chi connectivity index (χ1v) is 5.79. The maximum atomic E-state index is 11.6. The van der Waals surface area contributed by atoms with Crippen LogP contribution in [0, 0.1) is 0 Å². The molecule has 2 heterocycles. The van der Waals surface area contributed by atoms with Crippen molar-refractivity contribution in [1.29, 1.82) is 0 Å². The zero-order valence-corrected chi connectivity index (χ0v) is 10.2. The molecule has 2 rings (SSSR count). The number of rotatable bonds is 3. The van der Waals surface area contributed by atoms with Crippen molar-refractivity contribution >= 4 is 11.8 Å². The normalized spacial score (nSPS) is 16.3. The second-order valence-electron chi connectivity index (χ2n) is 3.99. The zero-order chi connectivity index (χ0) is 13.0. The van der Waals surface area contributed by atoms with E-state index in [9.17, 15) is 4.79 Å². The highest BCUT2D eigenvalue weighted by Gasteiger charge is 2.22. The van der Waals surface area contributed by atoms with Crippen LogP contribution < -0.4 is 10.5 Å². The monoisotopic (exact) mass is 252 g/mol. The highest BCUT2D eigenvalue weighted by molar-refractivity contribution is 5.93. The smallest absolute Gasteiger partial charge is 0.341 e. The van der Waals surface area contributed by atoms with Crippen molar-refractivity contribution in [2.75, 3.05) is 26.1 Å². The number of anilines is 1. The molecule has 1 aliphatic heterocycles. The summed E-state index contributed by atoms with van der Waals surface area (Å²) >= 11 is 0. The highest BCUT2D eigenvalue weighted by Crippen LogP contribution is 2.28. The van der Waals surface area contributed by atoms with E-state index in [2.05, 4.69) is 4.98 Å². The number of hydrogen-bond acceptors (Lipinski definition) is 6. The number of pyridine rings is 1. The first-order valence-electron chi connectivity index (χ1n) is 5.79. The zero-order valence-electron chi connectivity index (χ0n) is 10.2. The van der Waals surface area contributed by atoms with Crippen molar-refractivity contribution in [3.63, 3.8) is 0 Å². The maximum Gasteiger partial charge on any atom is 0.341 e. The summed E-state index contributed by atoms with van der Waals surface area (Å²) in [6, 6.07) is 1.54. The van der Waals surface area contributed by atoms with Gasteiger partial charge >= 0.3 is 5.97 Å². The van der Waals surface area contributed by atoms with Crippen LogP contribution in [-0.4, -0.2) is 37.4 Å².